The van der Waals surface area contributed by atoms with Gasteiger partial charge < -0.3 is 24.8 Å². The molecule has 2 N–H and O–H groups in total. The van der Waals surface area contributed by atoms with Crippen molar-refractivity contribution in [1.29, 1.82) is 0 Å². The van der Waals surface area contributed by atoms with Gasteiger partial charge in [0, 0.05) is 43.8 Å². The molecule has 1 aliphatic heterocycles. The van der Waals surface area contributed by atoms with E-state index in [1.54, 1.807) is 28.8 Å². The first-order valence-corrected chi connectivity index (χ1v) is 9.88. The minimum atomic E-state index is -0.234. The monoisotopic (exact) mass is 407 g/mol. The molecule has 0 aliphatic carbocycles. The number of nitrogens with one attached hydrogen (secondary N) is 2. The van der Waals surface area contributed by atoms with Crippen molar-refractivity contribution in [3.8, 4) is 11.4 Å². The van der Waals surface area contributed by atoms with E-state index in [1.807, 2.05) is 49.4 Å². The van der Waals surface area contributed by atoms with Crippen molar-refractivity contribution in [3.63, 3.8) is 0 Å². The van der Waals surface area contributed by atoms with Crippen molar-refractivity contribution in [2.75, 3.05) is 43.5 Å². The highest BCUT2D eigenvalue weighted by atomic mass is 16.5. The predicted molar refractivity (Wildman–Crippen MR) is 117 cm³/mol. The lowest BCUT2D eigenvalue weighted by atomic mass is 10.2. The Morgan fingerprint density at radius 3 is 2.37 bits per heavy atom. The van der Waals surface area contributed by atoms with Crippen molar-refractivity contribution >= 4 is 17.4 Å². The van der Waals surface area contributed by atoms with Crippen LogP contribution in [0.5, 0.6) is 5.75 Å². The number of hydrogen-bond acceptors (Lipinski definition) is 4. The lowest BCUT2D eigenvalue weighted by molar-refractivity contribution is 0.208. The van der Waals surface area contributed by atoms with Crippen LogP contribution >= 0.6 is 0 Å². The topological polar surface area (TPSA) is 82.6 Å². The van der Waals surface area contributed by atoms with Crippen LogP contribution in [0, 0.1) is 6.92 Å². The van der Waals surface area contributed by atoms with Crippen LogP contribution in [0.15, 0.2) is 59.5 Å². The number of imidazole rings is 1. The summed E-state index contributed by atoms with van der Waals surface area (Å²) in [5.41, 5.74) is 2.90. The highest BCUT2D eigenvalue weighted by molar-refractivity contribution is 5.91. The number of para-hydroxylation sites is 2. The molecule has 1 aromatic heterocycles. The number of ether oxygens (including phenoxy) is 1. The average molecular weight is 407 g/mol. The number of piperazine rings is 1. The molecule has 8 heteroatoms. The summed E-state index contributed by atoms with van der Waals surface area (Å²) in [6, 6.07) is 15.1. The molecule has 156 valence electrons. The quantitative estimate of drug-likeness (QED) is 0.697. The molecule has 30 heavy (non-hydrogen) atoms. The largest absolute Gasteiger partial charge is 0.497 e. The Hall–Kier alpha value is -3.68. The molecule has 3 aromatic rings. The van der Waals surface area contributed by atoms with Gasteiger partial charge in [-0.3, -0.25) is 4.57 Å². The number of anilines is 2. The Morgan fingerprint density at radius 2 is 1.73 bits per heavy atom. The Balaban J connectivity index is 1.43. The zero-order valence-corrected chi connectivity index (χ0v) is 17.1. The van der Waals surface area contributed by atoms with E-state index in [9.17, 15) is 9.59 Å². The minimum absolute atomic E-state index is 0.168. The summed E-state index contributed by atoms with van der Waals surface area (Å²) < 4.78 is 6.76. The maximum atomic E-state index is 12.9. The number of aromatic amines is 1. The van der Waals surface area contributed by atoms with Crippen LogP contribution in [0.1, 0.15) is 5.69 Å². The third-order valence-corrected chi connectivity index (χ3v) is 5.35. The molecule has 4 rings (SSSR count). The molecule has 0 atom stereocenters. The summed E-state index contributed by atoms with van der Waals surface area (Å²) in [6.07, 6.45) is 1.65. The van der Waals surface area contributed by atoms with E-state index in [-0.39, 0.29) is 11.7 Å². The minimum Gasteiger partial charge on any atom is -0.497 e. The van der Waals surface area contributed by atoms with Crippen molar-refractivity contribution in [2.45, 2.75) is 6.92 Å². The van der Waals surface area contributed by atoms with Gasteiger partial charge in [-0.15, -0.1) is 0 Å². The zero-order chi connectivity index (χ0) is 21.1. The van der Waals surface area contributed by atoms with Gasteiger partial charge in [-0.25, -0.2) is 9.59 Å². The number of urea groups is 1. The van der Waals surface area contributed by atoms with Crippen LogP contribution in [0.2, 0.25) is 0 Å². The Labute approximate surface area is 174 Å². The molecule has 2 aromatic carbocycles. The first-order chi connectivity index (χ1) is 14.6. The molecule has 1 aliphatic rings. The normalized spacial score (nSPS) is 13.9. The SMILES string of the molecule is COc1ccc(N2CCN(C(=O)Nc3ccccc3-n3c(C)c[nH]c3=O)CC2)cc1. The number of aryl methyl sites for hydroxylation is 1. The molecule has 1 fully saturated rings. The second-order valence-electron chi connectivity index (χ2n) is 7.19. The molecule has 0 radical (unpaired) electrons. The maximum absolute atomic E-state index is 12.9. The third kappa shape index (κ3) is 3.89. The lowest BCUT2D eigenvalue weighted by Gasteiger charge is -2.36. The van der Waals surface area contributed by atoms with Crippen molar-refractivity contribution in [2.24, 2.45) is 0 Å². The van der Waals surface area contributed by atoms with Gasteiger partial charge in [0.2, 0.25) is 0 Å². The van der Waals surface area contributed by atoms with E-state index in [2.05, 4.69) is 15.2 Å². The fourth-order valence-corrected chi connectivity index (χ4v) is 3.68. The molecular formula is C22H25N5O3. The van der Waals surface area contributed by atoms with E-state index in [0.717, 1.165) is 30.2 Å². The summed E-state index contributed by atoms with van der Waals surface area (Å²) >= 11 is 0. The van der Waals surface area contributed by atoms with E-state index in [4.69, 9.17) is 4.74 Å². The van der Waals surface area contributed by atoms with Gasteiger partial charge in [-0.2, -0.15) is 0 Å². The van der Waals surface area contributed by atoms with Gasteiger partial charge in [0.25, 0.3) is 0 Å². The number of methoxy groups -OCH3 is 1. The number of aromatic nitrogens is 2. The Kier molecular flexibility index (Phi) is 5.47. The van der Waals surface area contributed by atoms with Crippen LogP contribution in [-0.2, 0) is 0 Å². The highest BCUT2D eigenvalue weighted by Gasteiger charge is 2.22. The zero-order valence-electron chi connectivity index (χ0n) is 17.1. The fraction of sp³-hybridized carbons (Fsp3) is 0.273. The summed E-state index contributed by atoms with van der Waals surface area (Å²) in [5.74, 6) is 0.826. The van der Waals surface area contributed by atoms with Gasteiger partial charge in [0.15, 0.2) is 0 Å². The fourth-order valence-electron chi connectivity index (χ4n) is 3.68. The molecule has 0 saturated carbocycles. The summed E-state index contributed by atoms with van der Waals surface area (Å²) in [6.45, 7) is 4.57. The average Bonchev–Trinajstić information content (AvgIpc) is 3.12. The van der Waals surface area contributed by atoms with E-state index >= 15 is 0 Å². The first-order valence-electron chi connectivity index (χ1n) is 9.88. The lowest BCUT2D eigenvalue weighted by Crippen LogP contribution is -2.50. The summed E-state index contributed by atoms with van der Waals surface area (Å²) in [7, 11) is 1.65. The predicted octanol–water partition coefficient (Wildman–Crippen LogP) is 2.84. The van der Waals surface area contributed by atoms with Crippen molar-refractivity contribution < 1.29 is 9.53 Å². The van der Waals surface area contributed by atoms with Gasteiger partial charge in [-0.1, -0.05) is 12.1 Å². The van der Waals surface area contributed by atoms with Crippen LogP contribution in [0.3, 0.4) is 0 Å². The molecule has 2 heterocycles. The third-order valence-electron chi connectivity index (χ3n) is 5.35. The number of nitrogens with zero attached hydrogens (tertiary/aromatic N) is 3. The van der Waals surface area contributed by atoms with E-state index in [1.165, 1.54) is 0 Å². The molecule has 0 bridgehead atoms. The highest BCUT2D eigenvalue weighted by Crippen LogP contribution is 2.22. The van der Waals surface area contributed by atoms with E-state index < -0.39 is 0 Å². The number of carbonyl (C=O) groups is 1. The molecule has 1 saturated heterocycles. The first kappa shape index (κ1) is 19.6. The van der Waals surface area contributed by atoms with Crippen LogP contribution in [0.25, 0.3) is 5.69 Å². The van der Waals surface area contributed by atoms with Gasteiger partial charge in [0.05, 0.1) is 18.5 Å². The number of amides is 2. The van der Waals surface area contributed by atoms with Gasteiger partial charge in [0.1, 0.15) is 5.75 Å². The van der Waals surface area contributed by atoms with E-state index in [0.29, 0.717) is 24.5 Å². The molecule has 0 spiro atoms. The molecular weight excluding hydrogens is 382 g/mol. The van der Waals surface area contributed by atoms with Gasteiger partial charge in [-0.05, 0) is 43.3 Å². The molecule has 2 amide bonds. The molecule has 0 unspecified atom stereocenters. The van der Waals surface area contributed by atoms with Crippen molar-refractivity contribution in [1.82, 2.24) is 14.5 Å². The maximum Gasteiger partial charge on any atom is 0.330 e. The number of benzene rings is 2. The second-order valence-corrected chi connectivity index (χ2v) is 7.19. The number of carbonyl (C=O) groups excluding carboxylic acids is 1. The number of H-pyrrole nitrogens is 1. The van der Waals surface area contributed by atoms with Crippen LogP contribution in [-0.4, -0.2) is 53.8 Å². The number of rotatable bonds is 4. The second kappa shape index (κ2) is 8.36. The molecule has 8 nitrogen and oxygen atoms in total. The summed E-state index contributed by atoms with van der Waals surface area (Å²) in [4.78, 5) is 31.8. The van der Waals surface area contributed by atoms with Crippen LogP contribution < -0.4 is 20.6 Å². The number of hydrogen-bond donors (Lipinski definition) is 2. The van der Waals surface area contributed by atoms with Crippen molar-refractivity contribution in [3.05, 3.63) is 70.9 Å². The van der Waals surface area contributed by atoms with Crippen LogP contribution in [0.4, 0.5) is 16.2 Å². The Morgan fingerprint density at radius 1 is 1.03 bits per heavy atom. The Bertz CT molecular complexity index is 1080. The standard InChI is InChI=1S/C22H25N5O3/c1-16-15-23-21(28)27(16)20-6-4-3-5-19(20)24-22(29)26-13-11-25(12-14-26)17-7-9-18(30-2)10-8-17/h3-10,15H,11-14H2,1-2H3,(H,23,28)(H,24,29). The van der Waals surface area contributed by atoms with Gasteiger partial charge >= 0.3 is 11.7 Å². The summed E-state index contributed by atoms with van der Waals surface area (Å²) in [5, 5.41) is 2.97. The smallest absolute Gasteiger partial charge is 0.330 e.